The molecule has 4 rings (SSSR count). The van der Waals surface area contributed by atoms with E-state index in [1.807, 2.05) is 42.5 Å². The molecule has 3 aromatic rings. The highest BCUT2D eigenvalue weighted by Crippen LogP contribution is 2.32. The summed E-state index contributed by atoms with van der Waals surface area (Å²) in [4.78, 5) is 22.1. The zero-order valence-corrected chi connectivity index (χ0v) is 16.4. The third-order valence-electron chi connectivity index (χ3n) is 5.23. The number of benzene rings is 2. The number of nitrogens with one attached hydrogen (secondary N) is 2. The zero-order chi connectivity index (χ0) is 19.7. The molecule has 2 aromatic carbocycles. The predicted octanol–water partition coefficient (Wildman–Crippen LogP) is 5.35. The minimum Gasteiger partial charge on any atom is -0.339 e. The second-order valence-corrected chi connectivity index (χ2v) is 7.52. The van der Waals surface area contributed by atoms with Crippen LogP contribution in [0.25, 0.3) is 0 Å². The first kappa shape index (κ1) is 18.2. The summed E-state index contributed by atoms with van der Waals surface area (Å²) in [6.45, 7) is 6.23. The van der Waals surface area contributed by atoms with E-state index in [-0.39, 0.29) is 11.7 Å². The molecule has 142 valence electrons. The SMILES string of the molecule is Cc1cccc(Nc2nc(Nc3ccccc3)nc3c2C(=O)CC(C)C3)c1C. The minimum atomic E-state index is 0.104. The summed E-state index contributed by atoms with van der Waals surface area (Å²) in [5.74, 6) is 1.47. The minimum absolute atomic E-state index is 0.104. The van der Waals surface area contributed by atoms with E-state index in [0.29, 0.717) is 23.8 Å². The van der Waals surface area contributed by atoms with Gasteiger partial charge in [0.15, 0.2) is 5.78 Å². The quantitative estimate of drug-likeness (QED) is 0.646. The summed E-state index contributed by atoms with van der Waals surface area (Å²) >= 11 is 0. The van der Waals surface area contributed by atoms with Crippen LogP contribution in [-0.2, 0) is 6.42 Å². The van der Waals surface area contributed by atoms with Gasteiger partial charge in [0.1, 0.15) is 5.82 Å². The Morgan fingerprint density at radius 1 is 0.929 bits per heavy atom. The molecule has 0 aliphatic heterocycles. The van der Waals surface area contributed by atoms with Crippen molar-refractivity contribution < 1.29 is 4.79 Å². The molecule has 1 unspecified atom stereocenters. The molecule has 0 bridgehead atoms. The van der Waals surface area contributed by atoms with Crippen molar-refractivity contribution in [3.05, 3.63) is 70.9 Å². The Morgan fingerprint density at radius 2 is 1.71 bits per heavy atom. The van der Waals surface area contributed by atoms with Gasteiger partial charge in [0.2, 0.25) is 5.95 Å². The Bertz CT molecular complexity index is 1030. The summed E-state index contributed by atoms with van der Waals surface area (Å²) in [5.41, 5.74) is 5.63. The molecule has 0 saturated heterocycles. The maximum atomic E-state index is 12.8. The van der Waals surface area contributed by atoms with Crippen molar-refractivity contribution in [2.24, 2.45) is 5.92 Å². The van der Waals surface area contributed by atoms with E-state index < -0.39 is 0 Å². The van der Waals surface area contributed by atoms with Crippen LogP contribution in [-0.4, -0.2) is 15.8 Å². The van der Waals surface area contributed by atoms with Gasteiger partial charge in [-0.05, 0) is 55.5 Å². The van der Waals surface area contributed by atoms with E-state index in [9.17, 15) is 4.79 Å². The number of ketones is 1. The predicted molar refractivity (Wildman–Crippen MR) is 113 cm³/mol. The molecule has 0 amide bonds. The van der Waals surface area contributed by atoms with Crippen LogP contribution in [0, 0.1) is 19.8 Å². The van der Waals surface area contributed by atoms with Gasteiger partial charge in [-0.2, -0.15) is 4.98 Å². The van der Waals surface area contributed by atoms with E-state index in [2.05, 4.69) is 47.4 Å². The molecule has 0 spiro atoms. The van der Waals surface area contributed by atoms with E-state index in [4.69, 9.17) is 0 Å². The molecule has 5 nitrogen and oxygen atoms in total. The average Bonchev–Trinajstić information content (AvgIpc) is 2.65. The van der Waals surface area contributed by atoms with Crippen molar-refractivity contribution in [3.8, 4) is 0 Å². The monoisotopic (exact) mass is 372 g/mol. The van der Waals surface area contributed by atoms with E-state index in [1.54, 1.807) is 0 Å². The molecule has 2 N–H and O–H groups in total. The first-order valence-electron chi connectivity index (χ1n) is 9.60. The van der Waals surface area contributed by atoms with Crippen LogP contribution in [0.5, 0.6) is 0 Å². The van der Waals surface area contributed by atoms with Gasteiger partial charge >= 0.3 is 0 Å². The van der Waals surface area contributed by atoms with Crippen LogP contribution in [0.3, 0.4) is 0 Å². The van der Waals surface area contributed by atoms with Crippen LogP contribution in [0.15, 0.2) is 48.5 Å². The molecular formula is C23H24N4O. The number of nitrogens with zero attached hydrogens (tertiary/aromatic N) is 2. The maximum absolute atomic E-state index is 12.8. The first-order chi connectivity index (χ1) is 13.5. The van der Waals surface area contributed by atoms with Crippen LogP contribution in [0.4, 0.5) is 23.1 Å². The fourth-order valence-corrected chi connectivity index (χ4v) is 3.58. The van der Waals surface area contributed by atoms with Crippen LogP contribution in [0.2, 0.25) is 0 Å². The number of aryl methyl sites for hydroxylation is 1. The lowest BCUT2D eigenvalue weighted by Crippen LogP contribution is -2.22. The first-order valence-corrected chi connectivity index (χ1v) is 9.60. The number of rotatable bonds is 4. The Labute approximate surface area is 165 Å². The Morgan fingerprint density at radius 3 is 2.50 bits per heavy atom. The number of hydrogen-bond donors (Lipinski definition) is 2. The smallest absolute Gasteiger partial charge is 0.229 e. The van der Waals surface area contributed by atoms with Crippen molar-refractivity contribution in [1.82, 2.24) is 9.97 Å². The normalized spacial score (nSPS) is 15.8. The third-order valence-corrected chi connectivity index (χ3v) is 5.23. The lowest BCUT2D eigenvalue weighted by molar-refractivity contribution is 0.0953. The molecule has 1 aliphatic carbocycles. The number of Topliss-reactive ketones (excluding diaryl/α,β-unsaturated/α-hetero) is 1. The Kier molecular flexibility index (Phi) is 4.82. The Hall–Kier alpha value is -3.21. The molecule has 1 aliphatic rings. The molecule has 5 heteroatoms. The summed E-state index contributed by atoms with van der Waals surface area (Å²) < 4.78 is 0. The highest BCUT2D eigenvalue weighted by atomic mass is 16.1. The van der Waals surface area contributed by atoms with Gasteiger partial charge < -0.3 is 10.6 Å². The van der Waals surface area contributed by atoms with Crippen LogP contribution < -0.4 is 10.6 Å². The van der Waals surface area contributed by atoms with Gasteiger partial charge in [-0.15, -0.1) is 0 Å². The molecule has 1 atom stereocenters. The van der Waals surface area contributed by atoms with Crippen molar-refractivity contribution >= 4 is 28.9 Å². The molecule has 0 saturated carbocycles. The molecule has 1 aromatic heterocycles. The molecule has 0 radical (unpaired) electrons. The summed E-state index contributed by atoms with van der Waals surface area (Å²) in [7, 11) is 0. The highest BCUT2D eigenvalue weighted by Gasteiger charge is 2.28. The van der Waals surface area contributed by atoms with Crippen molar-refractivity contribution in [2.45, 2.75) is 33.6 Å². The van der Waals surface area contributed by atoms with Gasteiger partial charge in [0, 0.05) is 17.8 Å². The molecule has 1 heterocycles. The fraction of sp³-hybridized carbons (Fsp3) is 0.261. The van der Waals surface area contributed by atoms with Gasteiger partial charge in [-0.3, -0.25) is 4.79 Å². The number of para-hydroxylation sites is 1. The van der Waals surface area contributed by atoms with Gasteiger partial charge in [-0.25, -0.2) is 4.98 Å². The molecule has 0 fully saturated rings. The second kappa shape index (κ2) is 7.43. The summed E-state index contributed by atoms with van der Waals surface area (Å²) in [6, 6.07) is 15.9. The van der Waals surface area contributed by atoms with Crippen LogP contribution >= 0.6 is 0 Å². The number of fused-ring (bicyclic) bond motifs is 1. The largest absolute Gasteiger partial charge is 0.339 e. The van der Waals surface area contributed by atoms with E-state index >= 15 is 0 Å². The lowest BCUT2D eigenvalue weighted by Gasteiger charge is -2.23. The van der Waals surface area contributed by atoms with Crippen molar-refractivity contribution in [2.75, 3.05) is 10.6 Å². The van der Waals surface area contributed by atoms with Gasteiger partial charge in [0.25, 0.3) is 0 Å². The summed E-state index contributed by atoms with van der Waals surface area (Å²) in [6.07, 6.45) is 1.30. The Balaban J connectivity index is 1.78. The fourth-order valence-electron chi connectivity index (χ4n) is 3.58. The number of anilines is 4. The maximum Gasteiger partial charge on any atom is 0.229 e. The summed E-state index contributed by atoms with van der Waals surface area (Å²) in [5, 5.41) is 6.66. The topological polar surface area (TPSA) is 66.9 Å². The number of hydrogen-bond acceptors (Lipinski definition) is 5. The van der Waals surface area contributed by atoms with E-state index in [1.165, 1.54) is 5.56 Å². The van der Waals surface area contributed by atoms with Gasteiger partial charge in [0.05, 0.1) is 11.3 Å². The highest BCUT2D eigenvalue weighted by molar-refractivity contribution is 6.03. The van der Waals surface area contributed by atoms with Crippen LogP contribution in [0.1, 0.15) is 40.5 Å². The zero-order valence-electron chi connectivity index (χ0n) is 16.4. The van der Waals surface area contributed by atoms with Crippen molar-refractivity contribution in [3.63, 3.8) is 0 Å². The van der Waals surface area contributed by atoms with E-state index in [0.717, 1.165) is 29.1 Å². The average molecular weight is 372 g/mol. The lowest BCUT2D eigenvalue weighted by atomic mass is 9.87. The molecule has 28 heavy (non-hydrogen) atoms. The number of carbonyl (C=O) groups excluding carboxylic acids is 1. The second-order valence-electron chi connectivity index (χ2n) is 7.52. The standard InChI is InChI=1S/C23H24N4O/c1-14-12-19-21(20(28)13-14)22(25-18-11-7-8-15(2)16(18)3)27-23(26-19)24-17-9-5-4-6-10-17/h4-11,14H,12-13H2,1-3H3,(H2,24,25,26,27). The molecular weight excluding hydrogens is 348 g/mol. The number of aromatic nitrogens is 2. The number of carbonyl (C=O) groups is 1. The van der Waals surface area contributed by atoms with Gasteiger partial charge in [-0.1, -0.05) is 37.3 Å². The third kappa shape index (κ3) is 3.60. The van der Waals surface area contributed by atoms with Crippen molar-refractivity contribution in [1.29, 1.82) is 0 Å².